The van der Waals surface area contributed by atoms with Crippen molar-refractivity contribution in [3.63, 3.8) is 0 Å². The van der Waals surface area contributed by atoms with Crippen LogP contribution in [-0.2, 0) is 4.79 Å². The predicted molar refractivity (Wildman–Crippen MR) is 190 cm³/mol. The molecule has 0 N–H and O–H groups in total. The summed E-state index contributed by atoms with van der Waals surface area (Å²) in [5.74, 6) is 1.19. The van der Waals surface area contributed by atoms with Crippen molar-refractivity contribution in [3.05, 3.63) is 102 Å². The Morgan fingerprint density at radius 3 is 1.67 bits per heavy atom. The Morgan fingerprint density at radius 2 is 1.11 bits per heavy atom. The summed E-state index contributed by atoms with van der Waals surface area (Å²) in [6, 6.07) is 21.7. The molecule has 3 aromatic rings. The van der Waals surface area contributed by atoms with Crippen molar-refractivity contribution < 1.29 is 23.8 Å². The minimum atomic E-state index is -0.525. The lowest BCUT2D eigenvalue weighted by Crippen LogP contribution is -2.04. The van der Waals surface area contributed by atoms with Gasteiger partial charge in [-0.15, -0.1) is 0 Å². The van der Waals surface area contributed by atoms with Crippen LogP contribution in [0.4, 0.5) is 0 Å². The second-order valence-electron chi connectivity index (χ2n) is 11.8. The Bertz CT molecular complexity index is 1340. The second kappa shape index (κ2) is 22.4. The lowest BCUT2D eigenvalue weighted by atomic mass is 10.0. The Labute approximate surface area is 276 Å². The zero-order valence-electron chi connectivity index (χ0n) is 27.9. The van der Waals surface area contributed by atoms with E-state index < -0.39 is 5.97 Å². The van der Waals surface area contributed by atoms with Crippen LogP contribution in [0.3, 0.4) is 0 Å². The van der Waals surface area contributed by atoms with E-state index in [-0.39, 0.29) is 5.78 Å². The SMILES string of the molecule is CCCCCCCCCCCCCCCCOc1ccc(/C=C/C(=O)c2cccc(OC(=O)/C=C/c3ccc(OC)cc3)c2)cc1. The molecule has 0 aliphatic carbocycles. The van der Waals surface area contributed by atoms with Crippen molar-refractivity contribution >= 4 is 23.9 Å². The van der Waals surface area contributed by atoms with E-state index in [0.29, 0.717) is 11.3 Å². The molecule has 0 atom stereocenters. The third kappa shape index (κ3) is 15.2. The number of rotatable bonds is 23. The molecular formula is C41H52O5. The Morgan fingerprint density at radius 1 is 0.587 bits per heavy atom. The number of carbonyl (C=O) groups excluding carboxylic acids is 2. The number of unbranched alkanes of at least 4 members (excludes halogenated alkanes) is 13. The zero-order chi connectivity index (χ0) is 32.7. The molecule has 0 heterocycles. The fourth-order valence-corrected chi connectivity index (χ4v) is 5.17. The summed E-state index contributed by atoms with van der Waals surface area (Å²) < 4.78 is 16.5. The fraction of sp³-hybridized carbons (Fsp3) is 0.415. The van der Waals surface area contributed by atoms with Crippen LogP contribution >= 0.6 is 0 Å². The van der Waals surface area contributed by atoms with Crippen LogP contribution in [0.1, 0.15) is 118 Å². The van der Waals surface area contributed by atoms with Gasteiger partial charge in [0.15, 0.2) is 5.78 Å². The van der Waals surface area contributed by atoms with Gasteiger partial charge in [-0.3, -0.25) is 4.79 Å². The Kier molecular flexibility index (Phi) is 17.7. The summed E-state index contributed by atoms with van der Waals surface area (Å²) >= 11 is 0. The van der Waals surface area contributed by atoms with Crippen molar-refractivity contribution in [2.45, 2.75) is 96.8 Å². The van der Waals surface area contributed by atoms with E-state index in [2.05, 4.69) is 6.92 Å². The van der Waals surface area contributed by atoms with E-state index in [1.54, 1.807) is 43.5 Å². The summed E-state index contributed by atoms with van der Waals surface area (Å²) in [5.41, 5.74) is 2.19. The van der Waals surface area contributed by atoms with Crippen molar-refractivity contribution in [2.24, 2.45) is 0 Å². The lowest BCUT2D eigenvalue weighted by Gasteiger charge is -2.07. The van der Waals surface area contributed by atoms with E-state index in [1.165, 1.54) is 95.6 Å². The molecule has 46 heavy (non-hydrogen) atoms. The van der Waals surface area contributed by atoms with Crippen LogP contribution in [0.2, 0.25) is 0 Å². The molecule has 0 aliphatic rings. The largest absolute Gasteiger partial charge is 0.497 e. The first-order valence-corrected chi connectivity index (χ1v) is 17.2. The average molecular weight is 625 g/mol. The molecule has 0 aliphatic heterocycles. The number of carbonyl (C=O) groups is 2. The van der Waals surface area contributed by atoms with Crippen molar-refractivity contribution in [1.29, 1.82) is 0 Å². The number of methoxy groups -OCH3 is 1. The first-order valence-electron chi connectivity index (χ1n) is 17.2. The minimum Gasteiger partial charge on any atom is -0.497 e. The standard InChI is InChI=1S/C41H52O5/c1-3-4-5-6-7-8-9-10-11-12-13-14-15-16-32-45-38-28-22-34(23-29-38)24-30-40(42)36-18-17-19-39(33-36)46-41(43)31-25-35-20-26-37(44-2)27-21-35/h17-31,33H,3-16,32H2,1-2H3/b30-24+,31-25+. The van der Waals surface area contributed by atoms with Gasteiger partial charge in [-0.05, 0) is 66.1 Å². The molecule has 0 aromatic heterocycles. The number of hydrogen-bond acceptors (Lipinski definition) is 5. The number of hydrogen-bond donors (Lipinski definition) is 0. The second-order valence-corrected chi connectivity index (χ2v) is 11.8. The monoisotopic (exact) mass is 624 g/mol. The van der Waals surface area contributed by atoms with Crippen LogP contribution in [0, 0.1) is 0 Å². The lowest BCUT2D eigenvalue weighted by molar-refractivity contribution is -0.128. The summed E-state index contributed by atoms with van der Waals surface area (Å²) in [7, 11) is 1.60. The fourth-order valence-electron chi connectivity index (χ4n) is 5.17. The number of allylic oxidation sites excluding steroid dienone is 1. The number of benzene rings is 3. The topological polar surface area (TPSA) is 61.8 Å². The molecule has 0 spiro atoms. The highest BCUT2D eigenvalue weighted by Crippen LogP contribution is 2.18. The zero-order valence-corrected chi connectivity index (χ0v) is 27.9. The van der Waals surface area contributed by atoms with Gasteiger partial charge >= 0.3 is 5.97 Å². The molecule has 0 amide bonds. The molecule has 0 fully saturated rings. The maximum Gasteiger partial charge on any atom is 0.336 e. The molecule has 0 unspecified atom stereocenters. The van der Waals surface area contributed by atoms with Gasteiger partial charge in [0.05, 0.1) is 13.7 Å². The summed E-state index contributed by atoms with van der Waals surface area (Å²) in [5, 5.41) is 0. The molecule has 5 heteroatoms. The highest BCUT2D eigenvalue weighted by atomic mass is 16.5. The Balaban J connectivity index is 1.29. The quantitative estimate of drug-likeness (QED) is 0.0345. The predicted octanol–water partition coefficient (Wildman–Crippen LogP) is 11.1. The summed E-state index contributed by atoms with van der Waals surface area (Å²) in [4.78, 5) is 25.1. The van der Waals surface area contributed by atoms with E-state index in [9.17, 15) is 9.59 Å². The van der Waals surface area contributed by atoms with Crippen LogP contribution in [0.5, 0.6) is 17.2 Å². The van der Waals surface area contributed by atoms with E-state index in [1.807, 2.05) is 48.5 Å². The summed E-state index contributed by atoms with van der Waals surface area (Å²) in [6.07, 6.45) is 25.1. The number of ketones is 1. The van der Waals surface area contributed by atoms with Crippen LogP contribution in [0.25, 0.3) is 12.2 Å². The van der Waals surface area contributed by atoms with Gasteiger partial charge < -0.3 is 14.2 Å². The molecular weight excluding hydrogens is 572 g/mol. The van der Waals surface area contributed by atoms with Gasteiger partial charge in [-0.1, -0.05) is 133 Å². The van der Waals surface area contributed by atoms with Gasteiger partial charge in [0.25, 0.3) is 0 Å². The highest BCUT2D eigenvalue weighted by Gasteiger charge is 2.07. The number of esters is 1. The average Bonchev–Trinajstić information content (AvgIpc) is 3.09. The molecule has 0 saturated heterocycles. The molecule has 5 nitrogen and oxygen atoms in total. The van der Waals surface area contributed by atoms with E-state index in [0.717, 1.165) is 35.7 Å². The molecule has 246 valence electrons. The Hall–Kier alpha value is -4.12. The van der Waals surface area contributed by atoms with Crippen molar-refractivity contribution in [2.75, 3.05) is 13.7 Å². The van der Waals surface area contributed by atoms with Crippen LogP contribution < -0.4 is 14.2 Å². The smallest absolute Gasteiger partial charge is 0.336 e. The third-order valence-corrected chi connectivity index (χ3v) is 7.94. The first kappa shape index (κ1) is 36.3. The maximum absolute atomic E-state index is 12.8. The number of ether oxygens (including phenoxy) is 3. The van der Waals surface area contributed by atoms with Gasteiger partial charge in [0, 0.05) is 11.6 Å². The van der Waals surface area contributed by atoms with Crippen molar-refractivity contribution in [1.82, 2.24) is 0 Å². The molecule has 3 rings (SSSR count). The normalized spacial score (nSPS) is 11.3. The molecule has 0 bridgehead atoms. The first-order chi connectivity index (χ1) is 22.6. The van der Waals surface area contributed by atoms with Gasteiger partial charge in [-0.25, -0.2) is 4.79 Å². The van der Waals surface area contributed by atoms with E-state index >= 15 is 0 Å². The maximum atomic E-state index is 12.8. The highest BCUT2D eigenvalue weighted by molar-refractivity contribution is 6.07. The van der Waals surface area contributed by atoms with Gasteiger partial charge in [0.1, 0.15) is 17.2 Å². The van der Waals surface area contributed by atoms with Gasteiger partial charge in [0.2, 0.25) is 0 Å². The summed E-state index contributed by atoms with van der Waals surface area (Å²) in [6.45, 7) is 3.00. The minimum absolute atomic E-state index is 0.176. The van der Waals surface area contributed by atoms with E-state index in [4.69, 9.17) is 14.2 Å². The third-order valence-electron chi connectivity index (χ3n) is 7.94. The van der Waals surface area contributed by atoms with Crippen LogP contribution in [0.15, 0.2) is 84.9 Å². The van der Waals surface area contributed by atoms with Crippen LogP contribution in [-0.4, -0.2) is 25.5 Å². The molecule has 3 aromatic carbocycles. The molecule has 0 radical (unpaired) electrons. The van der Waals surface area contributed by atoms with Gasteiger partial charge in [-0.2, -0.15) is 0 Å². The van der Waals surface area contributed by atoms with Crippen molar-refractivity contribution in [3.8, 4) is 17.2 Å². The molecule has 0 saturated carbocycles.